The molecule has 100 valence electrons. The van der Waals surface area contributed by atoms with Crippen LogP contribution in [0.25, 0.3) is 0 Å². The first-order valence-electron chi connectivity index (χ1n) is 6.11. The van der Waals surface area contributed by atoms with Crippen molar-refractivity contribution >= 4 is 0 Å². The second kappa shape index (κ2) is 5.73. The minimum atomic E-state index is -0.825. The lowest BCUT2D eigenvalue weighted by molar-refractivity contribution is 0.117. The van der Waals surface area contributed by atoms with E-state index < -0.39 is 11.6 Å². The third kappa shape index (κ3) is 3.04. The van der Waals surface area contributed by atoms with E-state index >= 15 is 0 Å². The van der Waals surface area contributed by atoms with Crippen molar-refractivity contribution in [1.82, 2.24) is 5.43 Å². The van der Waals surface area contributed by atoms with Gasteiger partial charge in [-0.3, -0.25) is 11.3 Å². The van der Waals surface area contributed by atoms with E-state index in [0.717, 1.165) is 18.1 Å². The Morgan fingerprint density at radius 3 is 2.78 bits per heavy atom. The summed E-state index contributed by atoms with van der Waals surface area (Å²) in [6.45, 7) is 2.67. The van der Waals surface area contributed by atoms with E-state index in [1.807, 2.05) is 6.92 Å². The Labute approximate surface area is 105 Å². The van der Waals surface area contributed by atoms with Crippen molar-refractivity contribution in [2.75, 3.05) is 6.61 Å². The van der Waals surface area contributed by atoms with Crippen molar-refractivity contribution in [3.63, 3.8) is 0 Å². The topological polar surface area (TPSA) is 47.3 Å². The van der Waals surface area contributed by atoms with Crippen molar-refractivity contribution in [3.8, 4) is 0 Å². The van der Waals surface area contributed by atoms with Crippen molar-refractivity contribution in [3.05, 3.63) is 35.4 Å². The van der Waals surface area contributed by atoms with Crippen molar-refractivity contribution < 1.29 is 13.5 Å². The third-order valence-electron chi connectivity index (χ3n) is 3.45. The van der Waals surface area contributed by atoms with Crippen molar-refractivity contribution in [2.45, 2.75) is 31.9 Å². The first-order valence-corrected chi connectivity index (χ1v) is 6.11. The molecule has 0 aliphatic carbocycles. The smallest absolute Gasteiger partial charge is 0.159 e. The van der Waals surface area contributed by atoms with Gasteiger partial charge in [0.05, 0.1) is 12.7 Å². The maximum Gasteiger partial charge on any atom is 0.159 e. The minimum absolute atomic E-state index is 0.0137. The molecule has 0 bridgehead atoms. The van der Waals surface area contributed by atoms with Crippen LogP contribution in [-0.4, -0.2) is 18.8 Å². The fourth-order valence-corrected chi connectivity index (χ4v) is 2.41. The fraction of sp³-hybridized carbons (Fsp3) is 0.538. The lowest BCUT2D eigenvalue weighted by atomic mass is 9.92. The van der Waals surface area contributed by atoms with Gasteiger partial charge in [0.15, 0.2) is 11.6 Å². The average Bonchev–Trinajstić information content (AvgIpc) is 2.77. The fourth-order valence-electron chi connectivity index (χ4n) is 2.41. The summed E-state index contributed by atoms with van der Waals surface area (Å²) in [5.74, 6) is 4.20. The minimum Gasteiger partial charge on any atom is -0.378 e. The lowest BCUT2D eigenvalue weighted by Gasteiger charge is -2.21. The maximum absolute atomic E-state index is 13.1. The van der Waals surface area contributed by atoms with E-state index in [1.165, 1.54) is 6.07 Å². The van der Waals surface area contributed by atoms with Gasteiger partial charge in [0.25, 0.3) is 0 Å². The van der Waals surface area contributed by atoms with Gasteiger partial charge in [-0.25, -0.2) is 8.78 Å². The van der Waals surface area contributed by atoms with Gasteiger partial charge < -0.3 is 4.74 Å². The SMILES string of the molecule is CC1CC(C(Cc2ccc(F)c(F)c2)NN)CO1. The normalized spacial score (nSPS) is 25.3. The number of rotatable bonds is 4. The molecule has 1 aliphatic heterocycles. The molecule has 3 atom stereocenters. The zero-order chi connectivity index (χ0) is 13.1. The molecule has 0 amide bonds. The van der Waals surface area contributed by atoms with Crippen LogP contribution >= 0.6 is 0 Å². The molecule has 3 unspecified atom stereocenters. The molecule has 3 N–H and O–H groups in total. The number of benzene rings is 1. The third-order valence-corrected chi connectivity index (χ3v) is 3.45. The molecule has 18 heavy (non-hydrogen) atoms. The van der Waals surface area contributed by atoms with Crippen LogP contribution in [-0.2, 0) is 11.2 Å². The van der Waals surface area contributed by atoms with Gasteiger partial charge in [-0.1, -0.05) is 6.07 Å². The number of nitrogens with two attached hydrogens (primary N) is 1. The molecule has 1 heterocycles. The Balaban J connectivity index is 2.03. The van der Waals surface area contributed by atoms with Gasteiger partial charge in [0.2, 0.25) is 0 Å². The Bertz CT molecular complexity index is 414. The summed E-state index contributed by atoms with van der Waals surface area (Å²) in [4.78, 5) is 0. The predicted molar refractivity (Wildman–Crippen MR) is 64.7 cm³/mol. The molecule has 0 radical (unpaired) electrons. The van der Waals surface area contributed by atoms with Crippen LogP contribution in [0.3, 0.4) is 0 Å². The second-order valence-electron chi connectivity index (χ2n) is 4.87. The number of halogens is 2. The molecule has 2 rings (SSSR count). The number of nitrogens with one attached hydrogen (secondary N) is 1. The summed E-state index contributed by atoms with van der Waals surface area (Å²) in [6.07, 6.45) is 1.73. The zero-order valence-electron chi connectivity index (χ0n) is 10.3. The van der Waals surface area contributed by atoms with E-state index in [2.05, 4.69) is 5.43 Å². The molecular formula is C13H18F2N2O. The largest absolute Gasteiger partial charge is 0.378 e. The van der Waals surface area contributed by atoms with Gasteiger partial charge in [-0.15, -0.1) is 0 Å². The van der Waals surface area contributed by atoms with Crippen LogP contribution in [0.15, 0.2) is 18.2 Å². The highest BCUT2D eigenvalue weighted by molar-refractivity contribution is 5.19. The Kier molecular flexibility index (Phi) is 4.27. The van der Waals surface area contributed by atoms with E-state index in [-0.39, 0.29) is 12.1 Å². The highest BCUT2D eigenvalue weighted by Gasteiger charge is 2.29. The van der Waals surface area contributed by atoms with Gasteiger partial charge in [-0.05, 0) is 37.5 Å². The maximum atomic E-state index is 13.1. The predicted octanol–water partition coefficient (Wildman–Crippen LogP) is 1.76. The summed E-state index contributed by atoms with van der Waals surface area (Å²) >= 11 is 0. The Morgan fingerprint density at radius 1 is 1.44 bits per heavy atom. The molecular weight excluding hydrogens is 238 g/mol. The number of hydrogen-bond acceptors (Lipinski definition) is 3. The Hall–Kier alpha value is -1.04. The quantitative estimate of drug-likeness (QED) is 0.637. The molecule has 1 fully saturated rings. The van der Waals surface area contributed by atoms with Gasteiger partial charge in [0, 0.05) is 12.0 Å². The number of hydrazine groups is 1. The average molecular weight is 256 g/mol. The number of ether oxygens (including phenoxy) is 1. The van der Waals surface area contributed by atoms with Gasteiger partial charge in [0.1, 0.15) is 0 Å². The molecule has 5 heteroatoms. The van der Waals surface area contributed by atoms with Crippen LogP contribution in [0, 0.1) is 17.6 Å². The van der Waals surface area contributed by atoms with Gasteiger partial charge in [-0.2, -0.15) is 0 Å². The van der Waals surface area contributed by atoms with E-state index in [0.29, 0.717) is 18.9 Å². The summed E-state index contributed by atoms with van der Waals surface area (Å²) in [5, 5.41) is 0. The van der Waals surface area contributed by atoms with Crippen LogP contribution in [0.4, 0.5) is 8.78 Å². The molecule has 0 spiro atoms. The first kappa shape index (κ1) is 13.4. The number of hydrogen-bond donors (Lipinski definition) is 2. The van der Waals surface area contributed by atoms with Crippen LogP contribution in [0.1, 0.15) is 18.9 Å². The summed E-state index contributed by atoms with van der Waals surface area (Å²) in [6, 6.07) is 3.97. The summed E-state index contributed by atoms with van der Waals surface area (Å²) in [7, 11) is 0. The summed E-state index contributed by atoms with van der Waals surface area (Å²) < 4.78 is 31.5. The van der Waals surface area contributed by atoms with Crippen LogP contribution in [0.5, 0.6) is 0 Å². The zero-order valence-corrected chi connectivity index (χ0v) is 10.3. The Morgan fingerprint density at radius 2 is 2.22 bits per heavy atom. The highest BCUT2D eigenvalue weighted by atomic mass is 19.2. The van der Waals surface area contributed by atoms with Crippen LogP contribution in [0.2, 0.25) is 0 Å². The van der Waals surface area contributed by atoms with Crippen LogP contribution < -0.4 is 11.3 Å². The lowest BCUT2D eigenvalue weighted by Crippen LogP contribution is -2.42. The molecule has 3 nitrogen and oxygen atoms in total. The van der Waals surface area contributed by atoms with E-state index in [1.54, 1.807) is 6.07 Å². The van der Waals surface area contributed by atoms with Gasteiger partial charge >= 0.3 is 0 Å². The molecule has 1 saturated heterocycles. The van der Waals surface area contributed by atoms with Crippen molar-refractivity contribution in [2.24, 2.45) is 11.8 Å². The van der Waals surface area contributed by atoms with E-state index in [4.69, 9.17) is 10.6 Å². The highest BCUT2D eigenvalue weighted by Crippen LogP contribution is 2.24. The molecule has 1 aliphatic rings. The molecule has 0 aromatic heterocycles. The monoisotopic (exact) mass is 256 g/mol. The molecule has 1 aromatic rings. The van der Waals surface area contributed by atoms with Crippen molar-refractivity contribution in [1.29, 1.82) is 0 Å². The molecule has 1 aromatic carbocycles. The standard InChI is InChI=1S/C13H18F2N2O/c1-8-4-10(7-18-8)13(17-16)6-9-2-3-11(14)12(15)5-9/h2-3,5,8,10,13,17H,4,6-7,16H2,1H3. The summed E-state index contributed by atoms with van der Waals surface area (Å²) in [5.41, 5.74) is 3.48. The molecule has 0 saturated carbocycles. The second-order valence-corrected chi connectivity index (χ2v) is 4.87. The first-order chi connectivity index (χ1) is 8.60. The van der Waals surface area contributed by atoms with E-state index in [9.17, 15) is 8.78 Å².